The van der Waals surface area contributed by atoms with Crippen LogP contribution in [0.3, 0.4) is 0 Å². The predicted molar refractivity (Wildman–Crippen MR) is 120 cm³/mol. The first-order chi connectivity index (χ1) is 14.5. The summed E-state index contributed by atoms with van der Waals surface area (Å²) in [6, 6.07) is 19.8. The normalized spacial score (nSPS) is 13.2. The minimum Gasteiger partial charge on any atom is -0.465 e. The zero-order valence-corrected chi connectivity index (χ0v) is 18.5. The van der Waals surface area contributed by atoms with Gasteiger partial charge in [0.1, 0.15) is 5.41 Å². The van der Waals surface area contributed by atoms with Crippen LogP contribution in [0.2, 0.25) is 0 Å². The summed E-state index contributed by atoms with van der Waals surface area (Å²) in [4.78, 5) is 17.7. The quantitative estimate of drug-likeness (QED) is 0.367. The molecule has 0 spiro atoms. The van der Waals surface area contributed by atoms with Crippen LogP contribution in [0.4, 0.5) is 0 Å². The molecule has 2 heterocycles. The third-order valence-electron chi connectivity index (χ3n) is 5.25. The van der Waals surface area contributed by atoms with E-state index in [0.29, 0.717) is 18.7 Å². The van der Waals surface area contributed by atoms with Crippen LogP contribution in [-0.2, 0) is 21.4 Å². The smallest absolute Gasteiger partial charge is 0.318 e. The fraction of sp³-hybridized carbons (Fsp3) is 0.208. The highest BCUT2D eigenvalue weighted by molar-refractivity contribution is 9.10. The maximum absolute atomic E-state index is 13.1. The average molecular weight is 464 g/mol. The molecule has 0 saturated carbocycles. The van der Waals surface area contributed by atoms with Gasteiger partial charge in [-0.05, 0) is 49.6 Å². The molecule has 5 nitrogen and oxygen atoms in total. The van der Waals surface area contributed by atoms with E-state index in [1.54, 1.807) is 16.9 Å². The van der Waals surface area contributed by atoms with Gasteiger partial charge in [-0.25, -0.2) is 9.50 Å². The van der Waals surface area contributed by atoms with E-state index in [-0.39, 0.29) is 5.97 Å². The van der Waals surface area contributed by atoms with E-state index in [4.69, 9.17) is 4.74 Å². The van der Waals surface area contributed by atoms with Crippen molar-refractivity contribution in [3.05, 3.63) is 88.8 Å². The summed E-state index contributed by atoms with van der Waals surface area (Å²) in [5, 5.41) is 4.60. The first kappa shape index (κ1) is 20.3. The number of esters is 1. The number of hydrogen-bond donors (Lipinski definition) is 0. The molecule has 0 bridgehead atoms. The second-order valence-electron chi connectivity index (χ2n) is 7.35. The molecule has 2 aromatic heterocycles. The first-order valence-electron chi connectivity index (χ1n) is 9.83. The Morgan fingerprint density at radius 2 is 1.83 bits per heavy atom. The molecule has 2 aromatic carbocycles. The molecule has 0 fully saturated rings. The van der Waals surface area contributed by atoms with Crippen LogP contribution in [0.25, 0.3) is 16.8 Å². The second kappa shape index (κ2) is 8.40. The lowest BCUT2D eigenvalue weighted by Crippen LogP contribution is -2.38. The first-order valence-corrected chi connectivity index (χ1v) is 10.6. The lowest BCUT2D eigenvalue weighted by atomic mass is 9.80. The number of halogens is 1. The number of carbonyl (C=O) groups is 1. The molecule has 0 unspecified atom stereocenters. The molecule has 0 aliphatic rings. The standard InChI is InChI=1S/C24H22BrN3O2/c1-3-30-23(29)24(2,15-17-7-5-4-6-8-17)21-13-14-26-22-20(16-27-28(21)22)18-9-11-19(25)12-10-18/h4-14,16H,3,15H2,1-2H3/t24-/m0/s1. The van der Waals surface area contributed by atoms with Crippen LogP contribution in [-0.4, -0.2) is 27.2 Å². The molecule has 152 valence electrons. The van der Waals surface area contributed by atoms with E-state index < -0.39 is 5.41 Å². The topological polar surface area (TPSA) is 56.5 Å². The van der Waals surface area contributed by atoms with Crippen molar-refractivity contribution in [2.45, 2.75) is 25.7 Å². The maximum atomic E-state index is 13.1. The SMILES string of the molecule is CCOC(=O)[C@@](C)(Cc1ccccc1)c1ccnc2c(-c3ccc(Br)cc3)cnn12. The number of rotatable bonds is 6. The molecule has 4 rings (SSSR count). The van der Waals surface area contributed by atoms with E-state index in [2.05, 4.69) is 26.0 Å². The number of carbonyl (C=O) groups excluding carboxylic acids is 1. The van der Waals surface area contributed by atoms with E-state index in [0.717, 1.165) is 26.9 Å². The minimum absolute atomic E-state index is 0.276. The summed E-state index contributed by atoms with van der Waals surface area (Å²) in [5.41, 5.74) is 3.52. The molecule has 0 N–H and O–H groups in total. The number of hydrogen-bond acceptors (Lipinski definition) is 4. The van der Waals surface area contributed by atoms with Gasteiger partial charge in [-0.2, -0.15) is 5.10 Å². The fourth-order valence-electron chi connectivity index (χ4n) is 3.70. The zero-order valence-electron chi connectivity index (χ0n) is 16.9. The van der Waals surface area contributed by atoms with Crippen molar-refractivity contribution in [1.29, 1.82) is 0 Å². The van der Waals surface area contributed by atoms with Gasteiger partial charge < -0.3 is 4.74 Å². The Morgan fingerprint density at radius 1 is 1.10 bits per heavy atom. The molecular weight excluding hydrogens is 442 g/mol. The molecule has 4 aromatic rings. The predicted octanol–water partition coefficient (Wildman–Crippen LogP) is 5.22. The van der Waals surface area contributed by atoms with Gasteiger partial charge in [-0.15, -0.1) is 0 Å². The second-order valence-corrected chi connectivity index (χ2v) is 8.26. The average Bonchev–Trinajstić information content (AvgIpc) is 3.19. The van der Waals surface area contributed by atoms with E-state index in [9.17, 15) is 4.79 Å². The summed E-state index contributed by atoms with van der Waals surface area (Å²) in [6.07, 6.45) is 4.03. The third kappa shape index (κ3) is 3.75. The molecule has 0 saturated heterocycles. The van der Waals surface area contributed by atoms with E-state index >= 15 is 0 Å². The van der Waals surface area contributed by atoms with Crippen molar-refractivity contribution in [3.8, 4) is 11.1 Å². The molecule has 0 radical (unpaired) electrons. The van der Waals surface area contributed by atoms with Gasteiger partial charge in [-0.3, -0.25) is 4.79 Å². The number of benzene rings is 2. The monoisotopic (exact) mass is 463 g/mol. The van der Waals surface area contributed by atoms with Gasteiger partial charge in [0.2, 0.25) is 0 Å². The number of nitrogens with zero attached hydrogens (tertiary/aromatic N) is 3. The van der Waals surface area contributed by atoms with Crippen molar-refractivity contribution in [2.24, 2.45) is 0 Å². The minimum atomic E-state index is -0.915. The van der Waals surface area contributed by atoms with Crippen LogP contribution in [0.1, 0.15) is 25.1 Å². The molecule has 6 heteroatoms. The largest absolute Gasteiger partial charge is 0.465 e. The Morgan fingerprint density at radius 3 is 2.53 bits per heavy atom. The summed E-state index contributed by atoms with van der Waals surface area (Å²) in [7, 11) is 0. The number of aromatic nitrogens is 3. The van der Waals surface area contributed by atoms with Gasteiger partial charge >= 0.3 is 5.97 Å². The maximum Gasteiger partial charge on any atom is 0.318 e. The van der Waals surface area contributed by atoms with Gasteiger partial charge in [0.25, 0.3) is 0 Å². The fourth-order valence-corrected chi connectivity index (χ4v) is 3.97. The molecule has 0 aliphatic heterocycles. The Bertz CT molecular complexity index is 1170. The van der Waals surface area contributed by atoms with Crippen LogP contribution in [0, 0.1) is 0 Å². The molecule has 30 heavy (non-hydrogen) atoms. The van der Waals surface area contributed by atoms with Crippen LogP contribution < -0.4 is 0 Å². The molecule has 1 atom stereocenters. The Hall–Kier alpha value is -2.99. The molecular formula is C24H22BrN3O2. The van der Waals surface area contributed by atoms with Crippen molar-refractivity contribution >= 4 is 27.5 Å². The zero-order chi connectivity index (χ0) is 21.1. The number of ether oxygens (including phenoxy) is 1. The van der Waals surface area contributed by atoms with Crippen LogP contribution in [0.15, 0.2) is 77.5 Å². The van der Waals surface area contributed by atoms with Crippen molar-refractivity contribution < 1.29 is 9.53 Å². The highest BCUT2D eigenvalue weighted by atomic mass is 79.9. The van der Waals surface area contributed by atoms with Crippen molar-refractivity contribution in [3.63, 3.8) is 0 Å². The number of fused-ring (bicyclic) bond motifs is 1. The Kier molecular flexibility index (Phi) is 5.68. The third-order valence-corrected chi connectivity index (χ3v) is 5.78. The van der Waals surface area contributed by atoms with Crippen LogP contribution in [0.5, 0.6) is 0 Å². The Labute approximate surface area is 183 Å². The lowest BCUT2D eigenvalue weighted by molar-refractivity contribution is -0.149. The van der Waals surface area contributed by atoms with Crippen molar-refractivity contribution in [2.75, 3.05) is 6.61 Å². The highest BCUT2D eigenvalue weighted by Gasteiger charge is 2.39. The summed E-state index contributed by atoms with van der Waals surface area (Å²) in [5.74, 6) is -0.276. The Balaban J connectivity index is 1.85. The van der Waals surface area contributed by atoms with Gasteiger partial charge in [0.15, 0.2) is 5.65 Å². The molecule has 0 aliphatic carbocycles. The van der Waals surface area contributed by atoms with Crippen LogP contribution >= 0.6 is 15.9 Å². The lowest BCUT2D eigenvalue weighted by Gasteiger charge is -2.28. The van der Waals surface area contributed by atoms with Crippen molar-refractivity contribution in [1.82, 2.24) is 14.6 Å². The summed E-state index contributed by atoms with van der Waals surface area (Å²) >= 11 is 3.47. The highest BCUT2D eigenvalue weighted by Crippen LogP contribution is 2.32. The molecule has 0 amide bonds. The van der Waals surface area contributed by atoms with E-state index in [1.807, 2.05) is 74.5 Å². The van der Waals surface area contributed by atoms with Gasteiger partial charge in [0, 0.05) is 16.2 Å². The summed E-state index contributed by atoms with van der Waals surface area (Å²) in [6.45, 7) is 4.05. The van der Waals surface area contributed by atoms with Gasteiger partial charge in [-0.1, -0.05) is 58.4 Å². The summed E-state index contributed by atoms with van der Waals surface area (Å²) < 4.78 is 8.25. The van der Waals surface area contributed by atoms with Gasteiger partial charge in [0.05, 0.1) is 18.5 Å². The van der Waals surface area contributed by atoms with E-state index in [1.165, 1.54) is 0 Å².